The molecule has 0 spiro atoms. The highest BCUT2D eigenvalue weighted by atomic mass is 35.5. The second-order valence-corrected chi connectivity index (χ2v) is 8.50. The van der Waals surface area contributed by atoms with Gasteiger partial charge in [-0.3, -0.25) is 0 Å². The average Bonchev–Trinajstić information content (AvgIpc) is 3.02. The fourth-order valence-corrected chi connectivity index (χ4v) is 5.16. The van der Waals surface area contributed by atoms with Gasteiger partial charge in [0.05, 0.1) is 4.90 Å². The van der Waals surface area contributed by atoms with Crippen molar-refractivity contribution in [1.82, 2.24) is 4.31 Å². The largest absolute Gasteiger partial charge is 0.243 e. The van der Waals surface area contributed by atoms with E-state index in [-0.39, 0.29) is 0 Å². The van der Waals surface area contributed by atoms with Crippen LogP contribution in [0.3, 0.4) is 0 Å². The Morgan fingerprint density at radius 3 is 2.33 bits per heavy atom. The third-order valence-electron chi connectivity index (χ3n) is 3.85. The number of hydrogen-bond acceptors (Lipinski definition) is 3. The minimum absolute atomic E-state index is 0.321. The third kappa shape index (κ3) is 3.16. The molecule has 1 aliphatic rings. The zero-order valence-corrected chi connectivity index (χ0v) is 13.8. The van der Waals surface area contributed by atoms with Gasteiger partial charge in [-0.2, -0.15) is 4.31 Å². The number of nitrogens with zero attached hydrogens (tertiary/aromatic N) is 1. The average molecular weight is 342 g/mol. The number of halogens is 1. The number of hydrogen-bond donors (Lipinski definition) is 0. The van der Waals surface area contributed by atoms with Crippen LogP contribution in [-0.2, 0) is 10.0 Å². The monoisotopic (exact) mass is 341 g/mol. The fourth-order valence-electron chi connectivity index (χ4n) is 2.66. The van der Waals surface area contributed by atoms with Crippen molar-refractivity contribution < 1.29 is 8.42 Å². The highest BCUT2D eigenvalue weighted by Crippen LogP contribution is 2.33. The number of benzene rings is 1. The van der Waals surface area contributed by atoms with Gasteiger partial charge < -0.3 is 0 Å². The molecule has 3 nitrogen and oxygen atoms in total. The van der Waals surface area contributed by atoms with Crippen LogP contribution in [0.25, 0.3) is 0 Å². The Kier molecular flexibility index (Phi) is 4.36. The summed E-state index contributed by atoms with van der Waals surface area (Å²) >= 11 is 7.57. The minimum atomic E-state index is -3.39. The SMILES string of the molecule is O=S(=O)(c1ccc(Cl)cc1)N1CCC(c2cccs2)CC1. The van der Waals surface area contributed by atoms with E-state index < -0.39 is 10.0 Å². The first kappa shape index (κ1) is 15.0. The van der Waals surface area contributed by atoms with E-state index >= 15 is 0 Å². The van der Waals surface area contributed by atoms with Crippen LogP contribution in [0.15, 0.2) is 46.7 Å². The van der Waals surface area contributed by atoms with E-state index in [1.807, 2.05) is 0 Å². The van der Waals surface area contributed by atoms with Crippen molar-refractivity contribution in [1.29, 1.82) is 0 Å². The van der Waals surface area contributed by atoms with E-state index in [9.17, 15) is 8.42 Å². The topological polar surface area (TPSA) is 37.4 Å². The lowest BCUT2D eigenvalue weighted by molar-refractivity contribution is 0.321. The lowest BCUT2D eigenvalue weighted by Gasteiger charge is -2.30. The lowest BCUT2D eigenvalue weighted by Crippen LogP contribution is -2.37. The molecule has 0 amide bonds. The maximum Gasteiger partial charge on any atom is 0.243 e. The minimum Gasteiger partial charge on any atom is -0.207 e. The summed E-state index contributed by atoms with van der Waals surface area (Å²) in [4.78, 5) is 1.68. The molecular weight excluding hydrogens is 326 g/mol. The van der Waals surface area contributed by atoms with Crippen LogP contribution < -0.4 is 0 Å². The summed E-state index contributed by atoms with van der Waals surface area (Å²) in [6.07, 6.45) is 1.76. The van der Waals surface area contributed by atoms with E-state index in [1.165, 1.54) is 4.88 Å². The van der Waals surface area contributed by atoms with Gasteiger partial charge in [0.1, 0.15) is 0 Å². The number of rotatable bonds is 3. The van der Waals surface area contributed by atoms with E-state index in [4.69, 9.17) is 11.6 Å². The van der Waals surface area contributed by atoms with Crippen LogP contribution in [0.4, 0.5) is 0 Å². The number of thiophene rings is 1. The van der Waals surface area contributed by atoms with Crippen molar-refractivity contribution >= 4 is 33.0 Å². The molecule has 0 N–H and O–H groups in total. The highest BCUT2D eigenvalue weighted by Gasteiger charge is 2.30. The fraction of sp³-hybridized carbons (Fsp3) is 0.333. The Morgan fingerprint density at radius 2 is 1.76 bits per heavy atom. The summed E-state index contributed by atoms with van der Waals surface area (Å²) in [6.45, 7) is 1.15. The normalized spacial score (nSPS) is 18.0. The molecule has 0 atom stereocenters. The Balaban J connectivity index is 1.72. The quantitative estimate of drug-likeness (QED) is 0.847. The lowest BCUT2D eigenvalue weighted by atomic mass is 9.97. The van der Waals surface area contributed by atoms with Crippen molar-refractivity contribution in [3.63, 3.8) is 0 Å². The molecule has 2 aromatic rings. The predicted molar refractivity (Wildman–Crippen MR) is 86.5 cm³/mol. The number of sulfonamides is 1. The van der Waals surface area contributed by atoms with Gasteiger partial charge in [0.15, 0.2) is 0 Å². The van der Waals surface area contributed by atoms with Gasteiger partial charge in [0, 0.05) is 23.0 Å². The summed E-state index contributed by atoms with van der Waals surface area (Å²) in [6, 6.07) is 10.6. The molecule has 2 heterocycles. The van der Waals surface area contributed by atoms with Gasteiger partial charge in [0.2, 0.25) is 10.0 Å². The number of piperidine rings is 1. The summed E-state index contributed by atoms with van der Waals surface area (Å²) in [5, 5.41) is 2.62. The van der Waals surface area contributed by atoms with Gasteiger partial charge in [-0.25, -0.2) is 8.42 Å². The smallest absolute Gasteiger partial charge is 0.207 e. The molecule has 6 heteroatoms. The molecule has 0 bridgehead atoms. The molecule has 0 radical (unpaired) electrons. The van der Waals surface area contributed by atoms with Gasteiger partial charge in [0.25, 0.3) is 0 Å². The Hall–Kier alpha value is -0.880. The first-order chi connectivity index (χ1) is 10.1. The van der Waals surface area contributed by atoms with E-state index in [1.54, 1.807) is 39.9 Å². The molecule has 21 heavy (non-hydrogen) atoms. The maximum absolute atomic E-state index is 12.6. The molecule has 1 aromatic carbocycles. The molecule has 1 fully saturated rings. The molecule has 0 aliphatic carbocycles. The standard InChI is InChI=1S/C15H16ClNO2S2/c16-13-3-5-14(6-4-13)21(18,19)17-9-7-12(8-10-17)15-2-1-11-20-15/h1-6,11-12H,7-10H2. The predicted octanol–water partition coefficient (Wildman–Crippen LogP) is 3.97. The Morgan fingerprint density at radius 1 is 1.10 bits per heavy atom. The first-order valence-corrected chi connectivity index (χ1v) is 9.56. The summed E-state index contributed by atoms with van der Waals surface area (Å²) in [7, 11) is -3.39. The van der Waals surface area contributed by atoms with Gasteiger partial charge >= 0.3 is 0 Å². The molecule has 1 saturated heterocycles. The van der Waals surface area contributed by atoms with Crippen LogP contribution in [-0.4, -0.2) is 25.8 Å². The van der Waals surface area contributed by atoms with Crippen LogP contribution in [0, 0.1) is 0 Å². The molecule has 1 aromatic heterocycles. The van der Waals surface area contributed by atoms with Gasteiger partial charge in [-0.1, -0.05) is 17.7 Å². The van der Waals surface area contributed by atoms with Gasteiger partial charge in [-0.15, -0.1) is 11.3 Å². The van der Waals surface area contributed by atoms with Crippen LogP contribution in [0.2, 0.25) is 5.02 Å². The zero-order valence-electron chi connectivity index (χ0n) is 11.4. The zero-order chi connectivity index (χ0) is 14.9. The summed E-state index contributed by atoms with van der Waals surface area (Å²) in [5.41, 5.74) is 0. The highest BCUT2D eigenvalue weighted by molar-refractivity contribution is 7.89. The van der Waals surface area contributed by atoms with Gasteiger partial charge in [-0.05, 0) is 54.5 Å². The molecule has 1 aliphatic heterocycles. The van der Waals surface area contributed by atoms with Crippen molar-refractivity contribution in [2.75, 3.05) is 13.1 Å². The van der Waals surface area contributed by atoms with Crippen LogP contribution in [0.5, 0.6) is 0 Å². The second kappa shape index (κ2) is 6.08. The third-order valence-corrected chi connectivity index (χ3v) is 7.05. The van der Waals surface area contributed by atoms with Crippen molar-refractivity contribution in [2.24, 2.45) is 0 Å². The second-order valence-electron chi connectivity index (χ2n) is 5.15. The summed E-state index contributed by atoms with van der Waals surface area (Å²) in [5.74, 6) is 0.488. The Labute approximate surface area is 134 Å². The molecule has 3 rings (SSSR count). The van der Waals surface area contributed by atoms with Crippen molar-refractivity contribution in [3.05, 3.63) is 51.7 Å². The van der Waals surface area contributed by atoms with Crippen molar-refractivity contribution in [2.45, 2.75) is 23.7 Å². The van der Waals surface area contributed by atoms with E-state index in [0.29, 0.717) is 28.9 Å². The molecule has 112 valence electrons. The van der Waals surface area contributed by atoms with Crippen LogP contribution in [0.1, 0.15) is 23.6 Å². The van der Waals surface area contributed by atoms with Crippen LogP contribution >= 0.6 is 22.9 Å². The van der Waals surface area contributed by atoms with Crippen molar-refractivity contribution in [3.8, 4) is 0 Å². The molecular formula is C15H16ClNO2S2. The Bertz CT molecular complexity index is 688. The maximum atomic E-state index is 12.6. The first-order valence-electron chi connectivity index (χ1n) is 6.86. The van der Waals surface area contributed by atoms with E-state index in [0.717, 1.165) is 12.8 Å². The molecule has 0 unspecified atom stereocenters. The van der Waals surface area contributed by atoms with E-state index in [2.05, 4.69) is 17.5 Å². The summed E-state index contributed by atoms with van der Waals surface area (Å²) < 4.78 is 26.7. The molecule has 0 saturated carbocycles.